The standard InChI is InChI=1S/C95H127N3O6/c1-7-13-19-25-31-37-43-49-65(50-44-38-32-26-20-14-8-2)96-90(99)73-60-57-68-69-55-56-70-71-58-61-75-83-79(93(102)97(92(75)101)66(51-45-39-33-27-21-15-9-3)52-46-40-34-28-22-16-10-4)64-78-87(85(71)83)86-77(63-76(81(69)84(70)86)72-59-62-74(91(96)100)82(73)80(68)72)88-89(78)95(104)98(94(88)103)67(53-47-41-35-29-23-17-11-5)54-48-42-36-30-24-18-12-6/h55-67H,7-54H2,1-6H3. The molecule has 9 nitrogen and oxygen atoms in total. The van der Waals surface area contributed by atoms with Gasteiger partial charge in [0.25, 0.3) is 34.7 Å². The van der Waals surface area contributed by atoms with Gasteiger partial charge in [-0.3, -0.25) is 43.1 Å². The van der Waals surface area contributed by atoms with Crippen LogP contribution >= 0.6 is 0 Å². The second-order valence-electron chi connectivity index (χ2n) is 32.7. The van der Waals surface area contributed by atoms with E-state index in [2.05, 4.69) is 77.9 Å². The molecule has 2 aliphatic heterocycles. The van der Waals surface area contributed by atoms with Crippen LogP contribution in [0.2, 0.25) is 0 Å². The fourth-order valence-electron chi connectivity index (χ4n) is 19.6. The van der Waals surface area contributed by atoms with Gasteiger partial charge in [0.1, 0.15) is 0 Å². The third-order valence-corrected chi connectivity index (χ3v) is 25.2. The van der Waals surface area contributed by atoms with Gasteiger partial charge in [0.15, 0.2) is 0 Å². The first-order valence-corrected chi connectivity index (χ1v) is 43.3. The number of carbonyl (C=O) groups is 4. The maximum absolute atomic E-state index is 16.5. The molecule has 0 fully saturated rings. The highest BCUT2D eigenvalue weighted by atomic mass is 16.2. The van der Waals surface area contributed by atoms with Crippen LogP contribution in [0.1, 0.15) is 397 Å². The molecule has 0 N–H and O–H groups in total. The van der Waals surface area contributed by atoms with Crippen LogP contribution in [-0.4, -0.2) is 50.1 Å². The lowest BCUT2D eigenvalue weighted by Crippen LogP contribution is -2.47. The minimum absolute atomic E-state index is 0.189. The monoisotopic (exact) mass is 1410 g/mol. The minimum atomic E-state index is -0.303. The van der Waals surface area contributed by atoms with Crippen LogP contribution in [-0.2, 0) is 0 Å². The number of nitrogens with zero attached hydrogens (tertiary/aromatic N) is 3. The van der Waals surface area contributed by atoms with Gasteiger partial charge in [-0.25, -0.2) is 0 Å². The molecule has 0 unspecified atom stereocenters. The average molecular weight is 1410 g/mol. The van der Waals surface area contributed by atoms with Crippen molar-refractivity contribution in [2.75, 3.05) is 0 Å². The van der Waals surface area contributed by atoms with Gasteiger partial charge in [-0.15, -0.1) is 0 Å². The van der Waals surface area contributed by atoms with Crippen molar-refractivity contribution in [1.29, 1.82) is 0 Å². The zero-order valence-electron chi connectivity index (χ0n) is 65.2. The smallest absolute Gasteiger partial charge is 0.262 e. The molecule has 2 aliphatic rings. The summed E-state index contributed by atoms with van der Waals surface area (Å²) in [5, 5.41) is 14.4. The largest absolute Gasteiger partial charge is 0.271 e. The zero-order valence-corrected chi connectivity index (χ0v) is 65.2. The summed E-state index contributed by atoms with van der Waals surface area (Å²) in [6.45, 7) is 13.5. The summed E-state index contributed by atoms with van der Waals surface area (Å²) in [4.78, 5) is 99.4. The SMILES string of the molecule is CCCCCCCCCC(CCCCCCCCC)N1C(=O)c2ccc3c4ccc5c6ccc7c8c(cc9c%10c(=O)n(C(CCCCCCCCC)CCCCCCCCC)c(=O)c%10c%10cc(c%11ccc(c2c3%11)C1=O)c4c5c%10c9c86)C(=O)N(C(CCCCCCCCC)CCCCCCCCC)C7=O. The quantitative estimate of drug-likeness (QED) is 0.0162. The van der Waals surface area contributed by atoms with E-state index in [-0.39, 0.29) is 52.9 Å². The van der Waals surface area contributed by atoms with Gasteiger partial charge >= 0.3 is 0 Å². The van der Waals surface area contributed by atoms with E-state index in [4.69, 9.17) is 0 Å². The topological polar surface area (TPSA) is 114 Å². The highest BCUT2D eigenvalue weighted by Crippen LogP contribution is 2.55. The lowest BCUT2D eigenvalue weighted by atomic mass is 9.77. The van der Waals surface area contributed by atoms with Crippen molar-refractivity contribution in [3.8, 4) is 0 Å². The van der Waals surface area contributed by atoms with Crippen molar-refractivity contribution in [3.63, 3.8) is 0 Å². The molecule has 558 valence electrons. The van der Waals surface area contributed by atoms with Crippen molar-refractivity contribution >= 4 is 121 Å². The predicted molar refractivity (Wildman–Crippen MR) is 443 cm³/mol. The van der Waals surface area contributed by atoms with Crippen LogP contribution in [0.15, 0.2) is 70.3 Å². The van der Waals surface area contributed by atoms with Gasteiger partial charge in [-0.05, 0) is 144 Å². The Balaban J connectivity index is 1.03. The van der Waals surface area contributed by atoms with E-state index < -0.39 is 0 Å². The predicted octanol–water partition coefficient (Wildman–Crippen LogP) is 27.7. The summed E-state index contributed by atoms with van der Waals surface area (Å²) in [7, 11) is 0. The van der Waals surface area contributed by atoms with E-state index in [0.717, 1.165) is 206 Å². The normalized spacial score (nSPS) is 13.8. The van der Waals surface area contributed by atoms with Crippen LogP contribution in [0.5, 0.6) is 0 Å². The fourth-order valence-corrected chi connectivity index (χ4v) is 19.6. The van der Waals surface area contributed by atoms with E-state index in [0.29, 0.717) is 54.6 Å². The number of fused-ring (bicyclic) bond motifs is 6. The number of unbranched alkanes of at least 4 members (excludes halogenated alkanes) is 36. The van der Waals surface area contributed by atoms with E-state index in [1.54, 1.807) is 14.4 Å². The molecule has 0 saturated heterocycles. The zero-order chi connectivity index (χ0) is 72.6. The molecule has 0 aliphatic carbocycles. The van der Waals surface area contributed by atoms with E-state index >= 15 is 28.8 Å². The minimum Gasteiger partial charge on any atom is -0.271 e. The Labute approximate surface area is 622 Å². The van der Waals surface area contributed by atoms with Crippen LogP contribution in [0.4, 0.5) is 0 Å². The first-order valence-electron chi connectivity index (χ1n) is 43.3. The number of benzene rings is 9. The van der Waals surface area contributed by atoms with Crippen LogP contribution in [0, 0.1) is 0 Å². The number of rotatable bonds is 51. The number of amides is 4. The maximum atomic E-state index is 16.5. The van der Waals surface area contributed by atoms with Gasteiger partial charge < -0.3 is 0 Å². The third-order valence-electron chi connectivity index (χ3n) is 25.2. The molecule has 0 bridgehead atoms. The van der Waals surface area contributed by atoms with E-state index in [9.17, 15) is 0 Å². The number of hydrogen-bond donors (Lipinski definition) is 0. The van der Waals surface area contributed by atoms with E-state index in [1.807, 2.05) is 24.3 Å². The molecule has 1 aromatic heterocycles. The summed E-state index contributed by atoms with van der Waals surface area (Å²) in [5.74, 6) is -0.939. The number of carbonyl (C=O) groups excluding carboxylic acids is 4. The summed E-state index contributed by atoms with van der Waals surface area (Å²) < 4.78 is 1.67. The molecule has 4 amide bonds. The number of hydrogen-bond acceptors (Lipinski definition) is 6. The Kier molecular flexibility index (Phi) is 27.5. The van der Waals surface area contributed by atoms with Gasteiger partial charge in [0, 0.05) is 51.2 Å². The lowest BCUT2D eigenvalue weighted by Gasteiger charge is -2.35. The number of imide groups is 2. The molecule has 9 heteroatoms. The highest BCUT2D eigenvalue weighted by molar-refractivity contribution is 6.51. The molecule has 0 radical (unpaired) electrons. The molecule has 104 heavy (non-hydrogen) atoms. The molecule has 0 saturated carbocycles. The molecule has 3 heterocycles. The second-order valence-corrected chi connectivity index (χ2v) is 32.7. The molecule has 9 aromatic carbocycles. The summed E-state index contributed by atoms with van der Waals surface area (Å²) in [6, 6.07) is 20.1. The van der Waals surface area contributed by atoms with Crippen LogP contribution < -0.4 is 11.1 Å². The Morgan fingerprint density at radius 2 is 0.442 bits per heavy atom. The lowest BCUT2D eigenvalue weighted by molar-refractivity contribution is 0.0501. The Bertz CT molecular complexity index is 4550. The van der Waals surface area contributed by atoms with Crippen LogP contribution in [0.25, 0.3) is 97.0 Å². The highest BCUT2D eigenvalue weighted by Gasteiger charge is 2.42. The molecule has 0 atom stereocenters. The first kappa shape index (κ1) is 76.9. The summed E-state index contributed by atoms with van der Waals surface area (Å²) in [6.07, 6.45) is 52.9. The Morgan fingerprint density at radius 1 is 0.212 bits per heavy atom. The van der Waals surface area contributed by atoms with Crippen molar-refractivity contribution in [3.05, 3.63) is 104 Å². The third kappa shape index (κ3) is 15.8. The molecular weight excluding hydrogens is 1280 g/mol. The summed E-state index contributed by atoms with van der Waals surface area (Å²) in [5.41, 5.74) is 1.55. The van der Waals surface area contributed by atoms with Gasteiger partial charge in [0.2, 0.25) is 0 Å². The molecular formula is C95H127N3O6. The molecule has 0 spiro atoms. The van der Waals surface area contributed by atoms with Gasteiger partial charge in [-0.2, -0.15) is 0 Å². The Morgan fingerprint density at radius 3 is 0.779 bits per heavy atom. The van der Waals surface area contributed by atoms with Crippen molar-refractivity contribution in [2.24, 2.45) is 0 Å². The molecule has 10 aromatic rings. The second kappa shape index (κ2) is 37.2. The Hall–Kier alpha value is -6.74. The van der Waals surface area contributed by atoms with Crippen molar-refractivity contribution in [1.82, 2.24) is 14.4 Å². The summed E-state index contributed by atoms with van der Waals surface area (Å²) >= 11 is 0. The number of aromatic nitrogens is 1. The van der Waals surface area contributed by atoms with Gasteiger partial charge in [-0.1, -0.05) is 342 Å². The van der Waals surface area contributed by atoms with Crippen molar-refractivity contribution < 1.29 is 19.2 Å². The maximum Gasteiger partial charge on any atom is 0.262 e. The fraction of sp³-hybridized carbons (Fsp3) is 0.600. The first-order chi connectivity index (χ1) is 51.1. The van der Waals surface area contributed by atoms with Crippen molar-refractivity contribution in [2.45, 2.75) is 368 Å². The average Bonchev–Trinajstić information content (AvgIpc) is 1.44. The molecule has 12 rings (SSSR count). The van der Waals surface area contributed by atoms with E-state index in [1.165, 1.54) is 167 Å². The van der Waals surface area contributed by atoms with Crippen LogP contribution in [0.3, 0.4) is 0 Å². The van der Waals surface area contributed by atoms with Gasteiger partial charge in [0.05, 0.1) is 10.8 Å².